The molecule has 2 aliphatic carbocycles. The van der Waals surface area contributed by atoms with Gasteiger partial charge in [0.05, 0.1) is 23.8 Å². The van der Waals surface area contributed by atoms with Crippen LogP contribution in [0.4, 0.5) is 0 Å². The predicted molar refractivity (Wildman–Crippen MR) is 122 cm³/mol. The zero-order valence-corrected chi connectivity index (χ0v) is 18.3. The number of nitrogens with zero attached hydrogens (tertiary/aromatic N) is 3. The Hall–Kier alpha value is -2.80. The third-order valence-electron chi connectivity index (χ3n) is 5.83. The minimum absolute atomic E-state index is 0.000306. The Morgan fingerprint density at radius 1 is 1.13 bits per heavy atom. The maximum Gasteiger partial charge on any atom is 0.262 e. The third-order valence-corrected chi connectivity index (χ3v) is 6.77. The number of hydrogen-bond acceptors (Lipinski definition) is 5. The van der Waals surface area contributed by atoms with Crippen molar-refractivity contribution in [3.63, 3.8) is 0 Å². The molecule has 6 nitrogen and oxygen atoms in total. The first kappa shape index (κ1) is 20.1. The SMILES string of the molecule is COc1ccc(CN(C(=O)CSc2nc3ccccc3c(=O)n2C2CC2)C2CC2)cc1. The Balaban J connectivity index is 1.34. The van der Waals surface area contributed by atoms with Crippen molar-refractivity contribution in [2.24, 2.45) is 0 Å². The Bertz CT molecular complexity index is 1170. The molecule has 2 aromatic carbocycles. The highest BCUT2D eigenvalue weighted by Crippen LogP contribution is 2.37. The van der Waals surface area contributed by atoms with Gasteiger partial charge in [-0.25, -0.2) is 4.98 Å². The molecule has 1 heterocycles. The molecule has 160 valence electrons. The average Bonchev–Trinajstić information content (AvgIpc) is 3.70. The highest BCUT2D eigenvalue weighted by Gasteiger charge is 2.33. The fraction of sp³-hybridized carbons (Fsp3) is 0.375. The predicted octanol–water partition coefficient (Wildman–Crippen LogP) is 4.02. The quantitative estimate of drug-likeness (QED) is 0.395. The van der Waals surface area contributed by atoms with E-state index in [0.29, 0.717) is 28.6 Å². The first-order valence-electron chi connectivity index (χ1n) is 10.7. The summed E-state index contributed by atoms with van der Waals surface area (Å²) in [5.41, 5.74) is 1.78. The molecule has 0 radical (unpaired) electrons. The normalized spacial score (nSPS) is 15.8. The van der Waals surface area contributed by atoms with Crippen molar-refractivity contribution in [3.05, 3.63) is 64.4 Å². The number of thioether (sulfide) groups is 1. The molecule has 0 saturated heterocycles. The summed E-state index contributed by atoms with van der Waals surface area (Å²) in [5.74, 6) is 1.18. The van der Waals surface area contributed by atoms with Gasteiger partial charge in [0.1, 0.15) is 5.75 Å². The molecular formula is C24H25N3O3S. The van der Waals surface area contributed by atoms with Crippen molar-refractivity contribution in [2.75, 3.05) is 12.9 Å². The minimum Gasteiger partial charge on any atom is -0.497 e. The topological polar surface area (TPSA) is 64.4 Å². The summed E-state index contributed by atoms with van der Waals surface area (Å²) in [6.07, 6.45) is 4.08. The number of amides is 1. The van der Waals surface area contributed by atoms with Gasteiger partial charge in [0.15, 0.2) is 5.16 Å². The van der Waals surface area contributed by atoms with E-state index in [4.69, 9.17) is 9.72 Å². The van der Waals surface area contributed by atoms with Crippen LogP contribution < -0.4 is 10.3 Å². The third kappa shape index (κ3) is 4.32. The maximum absolute atomic E-state index is 13.1. The standard InChI is InChI=1S/C24H25N3O3S/c1-30-19-12-6-16(7-13-19)14-26(17-8-9-17)22(28)15-31-24-25-21-5-3-2-4-20(21)23(29)27(24)18-10-11-18/h2-7,12-13,17-18H,8-11,14-15H2,1H3. The highest BCUT2D eigenvalue weighted by molar-refractivity contribution is 7.99. The number of carbonyl (C=O) groups is 1. The van der Waals surface area contributed by atoms with E-state index < -0.39 is 0 Å². The van der Waals surface area contributed by atoms with Crippen LogP contribution in [-0.4, -0.2) is 39.3 Å². The molecule has 0 atom stereocenters. The number of rotatable bonds is 8. The Morgan fingerprint density at radius 2 is 1.87 bits per heavy atom. The fourth-order valence-corrected chi connectivity index (χ4v) is 4.78. The van der Waals surface area contributed by atoms with Crippen LogP contribution in [0.25, 0.3) is 10.9 Å². The first-order valence-corrected chi connectivity index (χ1v) is 11.7. The average molecular weight is 436 g/mol. The zero-order chi connectivity index (χ0) is 21.4. The van der Waals surface area contributed by atoms with E-state index in [1.807, 2.05) is 53.4 Å². The van der Waals surface area contributed by atoms with E-state index in [0.717, 1.165) is 37.0 Å². The molecule has 0 N–H and O–H groups in total. The van der Waals surface area contributed by atoms with Gasteiger partial charge in [0, 0.05) is 18.6 Å². The largest absolute Gasteiger partial charge is 0.497 e. The molecule has 0 unspecified atom stereocenters. The van der Waals surface area contributed by atoms with Crippen molar-refractivity contribution in [3.8, 4) is 5.75 Å². The zero-order valence-electron chi connectivity index (χ0n) is 17.5. The Labute approximate surface area is 185 Å². The second-order valence-electron chi connectivity index (χ2n) is 8.21. The van der Waals surface area contributed by atoms with Gasteiger partial charge in [-0.15, -0.1) is 0 Å². The number of hydrogen-bond donors (Lipinski definition) is 0. The molecule has 0 aliphatic heterocycles. The summed E-state index contributed by atoms with van der Waals surface area (Å²) in [5, 5.41) is 1.30. The lowest BCUT2D eigenvalue weighted by Gasteiger charge is -2.23. The molecule has 1 aromatic heterocycles. The van der Waals surface area contributed by atoms with Gasteiger partial charge in [-0.3, -0.25) is 14.2 Å². The van der Waals surface area contributed by atoms with Gasteiger partial charge in [0.25, 0.3) is 5.56 Å². The van der Waals surface area contributed by atoms with E-state index >= 15 is 0 Å². The summed E-state index contributed by atoms with van der Waals surface area (Å²) < 4.78 is 7.02. The van der Waals surface area contributed by atoms with Crippen LogP contribution in [-0.2, 0) is 11.3 Å². The van der Waals surface area contributed by atoms with Crippen molar-refractivity contribution in [2.45, 2.75) is 49.5 Å². The second kappa shape index (κ2) is 8.38. The van der Waals surface area contributed by atoms with Crippen LogP contribution in [0.15, 0.2) is 58.5 Å². The molecule has 7 heteroatoms. The number of methoxy groups -OCH3 is 1. The van der Waals surface area contributed by atoms with Crippen molar-refractivity contribution in [1.82, 2.24) is 14.5 Å². The molecule has 0 spiro atoms. The number of para-hydroxylation sites is 1. The van der Waals surface area contributed by atoms with Crippen molar-refractivity contribution < 1.29 is 9.53 Å². The van der Waals surface area contributed by atoms with E-state index in [-0.39, 0.29) is 23.3 Å². The van der Waals surface area contributed by atoms with Crippen LogP contribution >= 0.6 is 11.8 Å². The lowest BCUT2D eigenvalue weighted by molar-refractivity contribution is -0.129. The Kier molecular flexibility index (Phi) is 5.44. The molecular weight excluding hydrogens is 410 g/mol. The van der Waals surface area contributed by atoms with Gasteiger partial charge in [0.2, 0.25) is 5.91 Å². The van der Waals surface area contributed by atoms with E-state index in [9.17, 15) is 9.59 Å². The van der Waals surface area contributed by atoms with Crippen LogP contribution in [0.1, 0.15) is 37.3 Å². The summed E-state index contributed by atoms with van der Waals surface area (Å²) in [7, 11) is 1.65. The molecule has 0 bridgehead atoms. The highest BCUT2D eigenvalue weighted by atomic mass is 32.2. The maximum atomic E-state index is 13.1. The van der Waals surface area contributed by atoms with Gasteiger partial charge >= 0.3 is 0 Å². The number of carbonyl (C=O) groups excluding carboxylic acids is 1. The van der Waals surface area contributed by atoms with Gasteiger partial charge in [-0.2, -0.15) is 0 Å². The number of aromatic nitrogens is 2. The smallest absolute Gasteiger partial charge is 0.262 e. The Morgan fingerprint density at radius 3 is 2.55 bits per heavy atom. The van der Waals surface area contributed by atoms with E-state index in [1.54, 1.807) is 11.7 Å². The molecule has 2 aliphatic rings. The van der Waals surface area contributed by atoms with Gasteiger partial charge in [-0.1, -0.05) is 36.0 Å². The lowest BCUT2D eigenvalue weighted by Crippen LogP contribution is -2.34. The van der Waals surface area contributed by atoms with E-state index in [2.05, 4.69) is 0 Å². The molecule has 2 saturated carbocycles. The number of ether oxygens (including phenoxy) is 1. The molecule has 1 amide bonds. The monoisotopic (exact) mass is 435 g/mol. The fourth-order valence-electron chi connectivity index (χ4n) is 3.83. The second-order valence-corrected chi connectivity index (χ2v) is 9.15. The minimum atomic E-state index is 0.000306. The van der Waals surface area contributed by atoms with E-state index in [1.165, 1.54) is 11.8 Å². The van der Waals surface area contributed by atoms with Crippen molar-refractivity contribution in [1.29, 1.82) is 0 Å². The lowest BCUT2D eigenvalue weighted by atomic mass is 10.2. The molecule has 3 aromatic rings. The molecule has 31 heavy (non-hydrogen) atoms. The van der Waals surface area contributed by atoms with Crippen molar-refractivity contribution >= 4 is 28.6 Å². The van der Waals surface area contributed by atoms with Crippen LogP contribution in [0.2, 0.25) is 0 Å². The summed E-state index contributed by atoms with van der Waals surface area (Å²) >= 11 is 1.38. The van der Waals surface area contributed by atoms with Crippen LogP contribution in [0.3, 0.4) is 0 Å². The molecule has 2 fully saturated rings. The van der Waals surface area contributed by atoms with Crippen LogP contribution in [0.5, 0.6) is 5.75 Å². The van der Waals surface area contributed by atoms with Crippen LogP contribution in [0, 0.1) is 0 Å². The van der Waals surface area contributed by atoms with Gasteiger partial charge < -0.3 is 9.64 Å². The number of fused-ring (bicyclic) bond motifs is 1. The van der Waals surface area contributed by atoms with Gasteiger partial charge in [-0.05, 0) is 55.5 Å². The summed E-state index contributed by atoms with van der Waals surface area (Å²) in [4.78, 5) is 32.9. The summed E-state index contributed by atoms with van der Waals surface area (Å²) in [6.45, 7) is 0.592. The first-order chi connectivity index (χ1) is 15.1. The molecule has 5 rings (SSSR count). The summed E-state index contributed by atoms with van der Waals surface area (Å²) in [6, 6.07) is 15.8. The number of benzene rings is 2.